The summed E-state index contributed by atoms with van der Waals surface area (Å²) >= 11 is 14.4. The molecule has 3 aromatic rings. The molecule has 0 aliphatic carbocycles. The summed E-state index contributed by atoms with van der Waals surface area (Å²) in [5, 5.41) is 7.07. The monoisotopic (exact) mass is 423 g/mol. The third-order valence-corrected chi connectivity index (χ3v) is 5.78. The quantitative estimate of drug-likeness (QED) is 0.315. The Bertz CT molecular complexity index is 823. The highest BCUT2D eigenvalue weighted by Gasteiger charge is 2.11. The van der Waals surface area contributed by atoms with Crippen LogP contribution in [0, 0.1) is 6.92 Å². The molecule has 27 heavy (non-hydrogen) atoms. The van der Waals surface area contributed by atoms with Gasteiger partial charge in [0.25, 0.3) is 0 Å². The van der Waals surface area contributed by atoms with Gasteiger partial charge in [-0.1, -0.05) is 53.7 Å². The van der Waals surface area contributed by atoms with E-state index in [0.717, 1.165) is 47.6 Å². The Morgan fingerprint density at radius 1 is 1.04 bits per heavy atom. The Morgan fingerprint density at radius 2 is 1.78 bits per heavy atom. The van der Waals surface area contributed by atoms with Gasteiger partial charge in [0.15, 0.2) is 5.75 Å². The minimum absolute atomic E-state index is 0.563. The number of hydrogen-bond donors (Lipinski definition) is 0. The fraction of sp³-hybridized carbons (Fsp3) is 0.381. The number of nitrogens with zero attached hydrogens (tertiary/aromatic N) is 1. The van der Waals surface area contributed by atoms with Crippen LogP contribution in [0.5, 0.6) is 5.75 Å². The first kappa shape index (κ1) is 20.2. The molecule has 0 unspecified atom stereocenters. The second-order valence-electron chi connectivity index (χ2n) is 6.55. The van der Waals surface area contributed by atoms with Crippen LogP contribution in [0.2, 0.25) is 10.0 Å². The number of unbranched alkanes of at least 4 members (excludes halogenated alkanes) is 4. The van der Waals surface area contributed by atoms with E-state index in [4.69, 9.17) is 32.5 Å². The van der Waals surface area contributed by atoms with Gasteiger partial charge in [-0.25, -0.2) is 0 Å². The van der Waals surface area contributed by atoms with Crippen molar-refractivity contribution in [3.05, 3.63) is 57.2 Å². The first-order valence-electron chi connectivity index (χ1n) is 9.21. The fourth-order valence-electron chi connectivity index (χ4n) is 2.92. The first-order chi connectivity index (χ1) is 13.1. The molecule has 0 aliphatic rings. The van der Waals surface area contributed by atoms with E-state index in [1.165, 1.54) is 12.8 Å². The van der Waals surface area contributed by atoms with E-state index in [1.54, 1.807) is 11.3 Å². The minimum atomic E-state index is 0.563. The van der Waals surface area contributed by atoms with E-state index in [-0.39, 0.29) is 0 Å². The van der Waals surface area contributed by atoms with Gasteiger partial charge in [-0.05, 0) is 48.9 Å². The summed E-state index contributed by atoms with van der Waals surface area (Å²) in [6.07, 6.45) is 6.54. The number of ether oxygens (including phenoxy) is 1. The van der Waals surface area contributed by atoms with Gasteiger partial charge in [0.05, 0.1) is 22.3 Å². The molecule has 0 saturated carbocycles. The van der Waals surface area contributed by atoms with E-state index < -0.39 is 0 Å². The number of thiophene rings is 1. The van der Waals surface area contributed by atoms with Crippen molar-refractivity contribution in [2.24, 2.45) is 0 Å². The maximum Gasteiger partial charge on any atom is 0.156 e. The third kappa shape index (κ3) is 6.00. The van der Waals surface area contributed by atoms with E-state index in [1.807, 2.05) is 36.6 Å². The average molecular weight is 424 g/mol. The van der Waals surface area contributed by atoms with E-state index >= 15 is 0 Å². The van der Waals surface area contributed by atoms with Crippen LogP contribution in [0.4, 0.5) is 0 Å². The van der Waals surface area contributed by atoms with Gasteiger partial charge in [0, 0.05) is 17.4 Å². The highest BCUT2D eigenvalue weighted by atomic mass is 35.5. The SMILES string of the molecule is Cc1cc(CCCCCCCOc2c(Cl)cc(-c3cccs3)cc2Cl)on1. The number of hydrogen-bond acceptors (Lipinski definition) is 4. The van der Waals surface area contributed by atoms with Gasteiger partial charge in [-0.2, -0.15) is 0 Å². The Morgan fingerprint density at radius 3 is 2.44 bits per heavy atom. The zero-order valence-corrected chi connectivity index (χ0v) is 17.7. The molecule has 0 spiro atoms. The minimum Gasteiger partial charge on any atom is -0.490 e. The lowest BCUT2D eigenvalue weighted by Crippen LogP contribution is -1.99. The van der Waals surface area contributed by atoms with E-state index in [9.17, 15) is 0 Å². The summed E-state index contributed by atoms with van der Waals surface area (Å²) in [4.78, 5) is 1.14. The number of rotatable bonds is 10. The standard InChI is InChI=1S/C21H23Cl2NO2S/c1-15-12-17(26-24-15)8-5-3-2-4-6-10-25-21-18(22)13-16(14-19(21)23)20-9-7-11-27-20/h7,9,11-14H,2-6,8,10H2,1H3. The largest absolute Gasteiger partial charge is 0.490 e. The van der Waals surface area contributed by atoms with Crippen molar-refractivity contribution >= 4 is 34.5 Å². The molecule has 0 fully saturated rings. The molecule has 144 valence electrons. The lowest BCUT2D eigenvalue weighted by atomic mass is 10.1. The molecule has 0 amide bonds. The Labute approximate surface area is 174 Å². The summed E-state index contributed by atoms with van der Waals surface area (Å²) in [5.74, 6) is 1.56. The predicted octanol–water partition coefficient (Wildman–Crippen LogP) is 7.59. The summed E-state index contributed by atoms with van der Waals surface area (Å²) in [5.41, 5.74) is 1.97. The summed E-state index contributed by atoms with van der Waals surface area (Å²) < 4.78 is 11.1. The molecule has 0 bridgehead atoms. The van der Waals surface area contributed by atoms with Crippen LogP contribution in [0.15, 0.2) is 40.2 Å². The summed E-state index contributed by atoms with van der Waals surface area (Å²) in [7, 11) is 0. The molecule has 1 aromatic carbocycles. The smallest absolute Gasteiger partial charge is 0.156 e. The van der Waals surface area contributed by atoms with E-state index in [2.05, 4.69) is 11.2 Å². The van der Waals surface area contributed by atoms with Crippen LogP contribution in [0.25, 0.3) is 10.4 Å². The van der Waals surface area contributed by atoms with Crippen LogP contribution >= 0.6 is 34.5 Å². The maximum atomic E-state index is 6.37. The van der Waals surface area contributed by atoms with Crippen LogP contribution in [0.1, 0.15) is 43.6 Å². The van der Waals surface area contributed by atoms with Gasteiger partial charge in [-0.15, -0.1) is 11.3 Å². The molecular weight excluding hydrogens is 401 g/mol. The Balaban J connectivity index is 1.35. The number of halogens is 2. The van der Waals surface area contributed by atoms with Crippen molar-refractivity contribution in [2.75, 3.05) is 6.61 Å². The molecule has 0 saturated heterocycles. The summed E-state index contributed by atoms with van der Waals surface area (Å²) in [6, 6.07) is 9.90. The van der Waals surface area contributed by atoms with Crippen molar-refractivity contribution in [2.45, 2.75) is 45.4 Å². The number of aryl methyl sites for hydroxylation is 2. The van der Waals surface area contributed by atoms with Crippen molar-refractivity contribution in [3.63, 3.8) is 0 Å². The van der Waals surface area contributed by atoms with Gasteiger partial charge in [0.2, 0.25) is 0 Å². The average Bonchev–Trinajstić information content (AvgIpc) is 3.31. The highest BCUT2D eigenvalue weighted by molar-refractivity contribution is 7.13. The van der Waals surface area contributed by atoms with Crippen molar-refractivity contribution in [3.8, 4) is 16.2 Å². The fourth-order valence-corrected chi connectivity index (χ4v) is 4.23. The van der Waals surface area contributed by atoms with Crippen LogP contribution < -0.4 is 4.74 Å². The molecule has 2 aromatic heterocycles. The predicted molar refractivity (Wildman–Crippen MR) is 113 cm³/mol. The maximum absolute atomic E-state index is 6.37. The summed E-state index contributed by atoms with van der Waals surface area (Å²) in [6.45, 7) is 2.57. The Kier molecular flexibility index (Phi) is 7.62. The van der Waals surface area contributed by atoms with Gasteiger partial charge in [0.1, 0.15) is 5.76 Å². The molecule has 3 nitrogen and oxygen atoms in total. The van der Waals surface area contributed by atoms with Crippen molar-refractivity contribution in [1.29, 1.82) is 0 Å². The number of aromatic nitrogens is 1. The second kappa shape index (κ2) is 10.2. The molecule has 0 atom stereocenters. The zero-order chi connectivity index (χ0) is 19.1. The topological polar surface area (TPSA) is 35.3 Å². The van der Waals surface area contributed by atoms with Crippen molar-refractivity contribution < 1.29 is 9.26 Å². The van der Waals surface area contributed by atoms with Crippen LogP contribution in [0.3, 0.4) is 0 Å². The number of benzene rings is 1. The molecule has 0 N–H and O–H groups in total. The molecule has 6 heteroatoms. The normalized spacial score (nSPS) is 11.1. The van der Waals surface area contributed by atoms with Gasteiger partial charge in [-0.3, -0.25) is 0 Å². The molecule has 0 aliphatic heterocycles. The van der Waals surface area contributed by atoms with Gasteiger partial charge < -0.3 is 9.26 Å². The van der Waals surface area contributed by atoms with E-state index in [0.29, 0.717) is 22.4 Å². The molecule has 3 rings (SSSR count). The third-order valence-electron chi connectivity index (χ3n) is 4.29. The molecule has 2 heterocycles. The zero-order valence-electron chi connectivity index (χ0n) is 15.3. The van der Waals surface area contributed by atoms with Crippen LogP contribution in [-0.2, 0) is 6.42 Å². The molecular formula is C21H23Cl2NO2S. The lowest BCUT2D eigenvalue weighted by molar-refractivity contribution is 0.304. The second-order valence-corrected chi connectivity index (χ2v) is 8.31. The highest BCUT2D eigenvalue weighted by Crippen LogP contribution is 2.38. The van der Waals surface area contributed by atoms with Gasteiger partial charge >= 0.3 is 0 Å². The molecule has 0 radical (unpaired) electrons. The first-order valence-corrected chi connectivity index (χ1v) is 10.8. The lowest BCUT2D eigenvalue weighted by Gasteiger charge is -2.11. The van der Waals surface area contributed by atoms with Crippen molar-refractivity contribution in [1.82, 2.24) is 5.16 Å². The Hall–Kier alpha value is -1.49. The van der Waals surface area contributed by atoms with Crippen LogP contribution in [-0.4, -0.2) is 11.8 Å².